The first-order valence-corrected chi connectivity index (χ1v) is 7.44. The van der Waals surface area contributed by atoms with Gasteiger partial charge in [-0.2, -0.15) is 13.2 Å². The van der Waals surface area contributed by atoms with Crippen molar-refractivity contribution < 1.29 is 27.6 Å². The predicted octanol–water partition coefficient (Wildman–Crippen LogP) is 3.03. The van der Waals surface area contributed by atoms with Gasteiger partial charge in [-0.05, 0) is 30.5 Å². The highest BCUT2D eigenvalue weighted by atomic mass is 19.4. The zero-order valence-electron chi connectivity index (χ0n) is 12.5. The van der Waals surface area contributed by atoms with Crippen LogP contribution in [-0.2, 0) is 6.18 Å². The maximum Gasteiger partial charge on any atom is 0.416 e. The van der Waals surface area contributed by atoms with Crippen molar-refractivity contribution in [3.05, 3.63) is 52.9 Å². The Morgan fingerprint density at radius 3 is 2.79 bits per heavy atom. The first-order valence-electron chi connectivity index (χ1n) is 7.44. The number of alkyl halides is 3. The van der Waals surface area contributed by atoms with Crippen molar-refractivity contribution in [3.63, 3.8) is 0 Å². The number of aliphatic hydroxyl groups excluding tert-OH is 1. The van der Waals surface area contributed by atoms with Crippen LogP contribution in [0, 0.1) is 0 Å². The second kappa shape index (κ2) is 6.27. The summed E-state index contributed by atoms with van der Waals surface area (Å²) in [6, 6.07) is 5.90. The number of carbonyl (C=O) groups excluding carboxylic acids is 1. The number of hydrogen-bond donors (Lipinski definition) is 2. The van der Waals surface area contributed by atoms with Crippen LogP contribution in [0.25, 0.3) is 0 Å². The summed E-state index contributed by atoms with van der Waals surface area (Å²) < 4.78 is 43.1. The number of aliphatic hydroxyl groups is 1. The van der Waals surface area contributed by atoms with Gasteiger partial charge in [-0.1, -0.05) is 17.3 Å². The molecular weight excluding hydrogens is 325 g/mol. The molecule has 1 amide bonds. The number of nitrogens with zero attached hydrogens (tertiary/aromatic N) is 1. The van der Waals surface area contributed by atoms with E-state index in [-0.39, 0.29) is 17.8 Å². The molecule has 128 valence electrons. The van der Waals surface area contributed by atoms with Gasteiger partial charge in [-0.25, -0.2) is 0 Å². The fourth-order valence-electron chi connectivity index (χ4n) is 2.28. The maximum atomic E-state index is 12.7. The second-order valence-corrected chi connectivity index (χ2v) is 5.74. The van der Waals surface area contributed by atoms with Gasteiger partial charge in [0.15, 0.2) is 5.69 Å². The maximum absolute atomic E-state index is 12.7. The number of halogens is 3. The van der Waals surface area contributed by atoms with E-state index in [1.807, 2.05) is 0 Å². The van der Waals surface area contributed by atoms with Crippen LogP contribution >= 0.6 is 0 Å². The lowest BCUT2D eigenvalue weighted by Gasteiger charge is -2.14. The molecule has 0 spiro atoms. The Labute approximate surface area is 135 Å². The Balaban J connectivity index is 1.60. The van der Waals surface area contributed by atoms with Gasteiger partial charge in [0.05, 0.1) is 11.7 Å². The number of benzene rings is 1. The van der Waals surface area contributed by atoms with Crippen molar-refractivity contribution >= 4 is 5.91 Å². The van der Waals surface area contributed by atoms with E-state index in [4.69, 9.17) is 4.52 Å². The van der Waals surface area contributed by atoms with E-state index in [1.54, 1.807) is 6.07 Å². The lowest BCUT2D eigenvalue weighted by molar-refractivity contribution is -0.137. The molecule has 1 saturated carbocycles. The van der Waals surface area contributed by atoms with Crippen molar-refractivity contribution in [1.82, 2.24) is 10.5 Å². The molecule has 1 heterocycles. The summed E-state index contributed by atoms with van der Waals surface area (Å²) in [5.74, 6) is 0.421. The van der Waals surface area contributed by atoms with E-state index in [1.165, 1.54) is 12.1 Å². The number of carbonyl (C=O) groups is 1. The molecular formula is C16H15F3N2O3. The van der Waals surface area contributed by atoms with Crippen LogP contribution in [0.4, 0.5) is 13.2 Å². The van der Waals surface area contributed by atoms with Gasteiger partial charge in [0.2, 0.25) is 0 Å². The van der Waals surface area contributed by atoms with Gasteiger partial charge in [-0.3, -0.25) is 4.79 Å². The van der Waals surface area contributed by atoms with Gasteiger partial charge in [0, 0.05) is 18.5 Å². The number of aromatic nitrogens is 1. The summed E-state index contributed by atoms with van der Waals surface area (Å²) in [6.07, 6.45) is -3.74. The molecule has 2 aromatic rings. The van der Waals surface area contributed by atoms with E-state index in [2.05, 4.69) is 10.5 Å². The molecule has 1 aliphatic carbocycles. The van der Waals surface area contributed by atoms with Crippen molar-refractivity contribution in [2.75, 3.05) is 6.54 Å². The molecule has 8 heteroatoms. The molecule has 1 fully saturated rings. The Morgan fingerprint density at radius 1 is 1.38 bits per heavy atom. The van der Waals surface area contributed by atoms with Crippen LogP contribution in [0.15, 0.2) is 34.9 Å². The smallest absolute Gasteiger partial charge is 0.387 e. The molecule has 1 atom stereocenters. The Kier molecular flexibility index (Phi) is 4.31. The van der Waals surface area contributed by atoms with Crippen LogP contribution in [-0.4, -0.2) is 22.7 Å². The minimum Gasteiger partial charge on any atom is -0.387 e. The zero-order chi connectivity index (χ0) is 17.3. The van der Waals surface area contributed by atoms with E-state index >= 15 is 0 Å². The highest BCUT2D eigenvalue weighted by molar-refractivity contribution is 5.92. The third-order valence-corrected chi connectivity index (χ3v) is 3.80. The van der Waals surface area contributed by atoms with E-state index in [0.29, 0.717) is 11.7 Å². The van der Waals surface area contributed by atoms with Crippen LogP contribution in [0.5, 0.6) is 0 Å². The van der Waals surface area contributed by atoms with Crippen molar-refractivity contribution in [2.45, 2.75) is 31.0 Å². The minimum atomic E-state index is -4.49. The number of rotatable bonds is 5. The molecule has 0 bridgehead atoms. The fourth-order valence-corrected chi connectivity index (χ4v) is 2.28. The first-order chi connectivity index (χ1) is 11.3. The summed E-state index contributed by atoms with van der Waals surface area (Å²) in [7, 11) is 0. The molecule has 24 heavy (non-hydrogen) atoms. The van der Waals surface area contributed by atoms with Gasteiger partial charge < -0.3 is 14.9 Å². The van der Waals surface area contributed by atoms with Crippen LogP contribution in [0.2, 0.25) is 0 Å². The van der Waals surface area contributed by atoms with Gasteiger partial charge in [0.1, 0.15) is 5.76 Å². The quantitative estimate of drug-likeness (QED) is 0.877. The Bertz CT molecular complexity index is 738. The number of nitrogens with one attached hydrogen (secondary N) is 1. The van der Waals surface area contributed by atoms with Crippen LogP contribution in [0.1, 0.15) is 52.2 Å². The molecule has 0 unspecified atom stereocenters. The van der Waals surface area contributed by atoms with Gasteiger partial charge in [-0.15, -0.1) is 0 Å². The van der Waals surface area contributed by atoms with Crippen LogP contribution in [0.3, 0.4) is 0 Å². The van der Waals surface area contributed by atoms with Crippen molar-refractivity contribution in [2.24, 2.45) is 0 Å². The topological polar surface area (TPSA) is 75.4 Å². The Morgan fingerprint density at radius 2 is 2.12 bits per heavy atom. The lowest BCUT2D eigenvalue weighted by atomic mass is 10.1. The third-order valence-electron chi connectivity index (χ3n) is 3.80. The lowest BCUT2D eigenvalue weighted by Crippen LogP contribution is -2.28. The average molecular weight is 340 g/mol. The average Bonchev–Trinajstić information content (AvgIpc) is 3.28. The fraction of sp³-hybridized carbons (Fsp3) is 0.375. The molecule has 0 aliphatic heterocycles. The van der Waals surface area contributed by atoms with Crippen LogP contribution < -0.4 is 5.32 Å². The minimum absolute atomic E-state index is 0.0731. The van der Waals surface area contributed by atoms with Gasteiger partial charge >= 0.3 is 6.18 Å². The van der Waals surface area contributed by atoms with Crippen molar-refractivity contribution in [3.8, 4) is 0 Å². The Hall–Kier alpha value is -2.35. The zero-order valence-corrected chi connectivity index (χ0v) is 12.5. The third kappa shape index (κ3) is 3.76. The molecule has 5 nitrogen and oxygen atoms in total. The monoisotopic (exact) mass is 340 g/mol. The van der Waals surface area contributed by atoms with Crippen molar-refractivity contribution in [1.29, 1.82) is 0 Å². The highest BCUT2D eigenvalue weighted by Gasteiger charge is 2.31. The van der Waals surface area contributed by atoms with E-state index < -0.39 is 23.8 Å². The number of amides is 1. The summed E-state index contributed by atoms with van der Waals surface area (Å²) in [5, 5.41) is 16.1. The largest absolute Gasteiger partial charge is 0.416 e. The highest BCUT2D eigenvalue weighted by Crippen LogP contribution is 2.40. The SMILES string of the molecule is O=C(NC[C@H](O)c1cccc(C(F)(F)F)c1)c1cc(C2CC2)on1. The summed E-state index contributed by atoms with van der Waals surface area (Å²) in [5.41, 5.74) is -0.687. The first kappa shape index (κ1) is 16.5. The molecule has 2 N–H and O–H groups in total. The molecule has 0 radical (unpaired) electrons. The van der Waals surface area contributed by atoms with E-state index in [9.17, 15) is 23.1 Å². The van der Waals surface area contributed by atoms with Gasteiger partial charge in [0.25, 0.3) is 5.91 Å². The second-order valence-electron chi connectivity index (χ2n) is 5.74. The normalized spacial score (nSPS) is 16.0. The predicted molar refractivity (Wildman–Crippen MR) is 77.2 cm³/mol. The summed E-state index contributed by atoms with van der Waals surface area (Å²) >= 11 is 0. The molecule has 1 aromatic heterocycles. The molecule has 1 aromatic carbocycles. The summed E-state index contributed by atoms with van der Waals surface area (Å²) in [6.45, 7) is -0.230. The molecule has 3 rings (SSSR count). The summed E-state index contributed by atoms with van der Waals surface area (Å²) in [4.78, 5) is 11.9. The standard InChI is InChI=1S/C16H15F3N2O3/c17-16(18,19)11-3-1-2-10(6-11)13(22)8-20-15(23)12-7-14(24-21-12)9-4-5-9/h1-3,6-7,9,13,22H,4-5,8H2,(H,20,23)/t13-/m0/s1. The molecule has 1 aliphatic rings. The van der Waals surface area contributed by atoms with E-state index in [0.717, 1.165) is 25.0 Å². The number of hydrogen-bond acceptors (Lipinski definition) is 4. The molecule has 0 saturated heterocycles.